The third-order valence-electron chi connectivity index (χ3n) is 3.12. The van der Waals surface area contributed by atoms with Gasteiger partial charge in [-0.1, -0.05) is 22.0 Å². The predicted octanol–water partition coefficient (Wildman–Crippen LogP) is 5.36. The molecule has 2 nitrogen and oxygen atoms in total. The summed E-state index contributed by atoms with van der Waals surface area (Å²) in [7, 11) is 0. The van der Waals surface area contributed by atoms with Gasteiger partial charge in [0.2, 0.25) is 0 Å². The largest absolute Gasteiger partial charge is 0.330 e. The number of imidazole rings is 1. The molecule has 0 spiro atoms. The quantitative estimate of drug-likeness (QED) is 0.395. The lowest BCUT2D eigenvalue weighted by Gasteiger charge is -2.09. The van der Waals surface area contributed by atoms with Gasteiger partial charge >= 0.3 is 0 Å². The smallest absolute Gasteiger partial charge is 0.182 e. The number of aromatic amines is 1. The maximum atomic E-state index is 5.47. The molecule has 0 atom stereocenters. The van der Waals surface area contributed by atoms with Gasteiger partial charge in [-0.2, -0.15) is 0 Å². The Hall–Kier alpha value is -0.660. The Bertz CT molecular complexity index is 835. The molecular formula is C14H10BrIN2S. The van der Waals surface area contributed by atoms with Gasteiger partial charge in [0.05, 0.1) is 16.7 Å². The van der Waals surface area contributed by atoms with E-state index in [1.54, 1.807) is 0 Å². The molecule has 0 radical (unpaired) electrons. The van der Waals surface area contributed by atoms with Gasteiger partial charge < -0.3 is 4.98 Å². The van der Waals surface area contributed by atoms with Crippen molar-refractivity contribution in [3.63, 3.8) is 0 Å². The molecule has 0 saturated heterocycles. The number of nitrogens with zero attached hydrogens (tertiary/aromatic N) is 1. The van der Waals surface area contributed by atoms with Crippen LogP contribution in [0.15, 0.2) is 40.9 Å². The summed E-state index contributed by atoms with van der Waals surface area (Å²) in [6.45, 7) is 2.09. The summed E-state index contributed by atoms with van der Waals surface area (Å²) in [4.78, 5) is 3.27. The lowest BCUT2D eigenvalue weighted by molar-refractivity contribution is 1.05. The van der Waals surface area contributed by atoms with E-state index < -0.39 is 0 Å². The SMILES string of the molecule is Cc1c(Br)cccc1-n1c(=S)[nH]c2cc(I)ccc21. The second-order valence-corrected chi connectivity index (χ2v) is 6.80. The average molecular weight is 445 g/mol. The zero-order valence-corrected chi connectivity index (χ0v) is 14.6. The number of benzene rings is 2. The summed E-state index contributed by atoms with van der Waals surface area (Å²) < 4.78 is 5.09. The van der Waals surface area contributed by atoms with Crippen LogP contribution < -0.4 is 0 Å². The van der Waals surface area contributed by atoms with Crippen molar-refractivity contribution in [1.29, 1.82) is 0 Å². The molecule has 5 heteroatoms. The third kappa shape index (κ3) is 2.28. The van der Waals surface area contributed by atoms with Crippen molar-refractivity contribution < 1.29 is 0 Å². The molecule has 0 fully saturated rings. The lowest BCUT2D eigenvalue weighted by Crippen LogP contribution is -1.97. The van der Waals surface area contributed by atoms with E-state index in [4.69, 9.17) is 12.2 Å². The highest BCUT2D eigenvalue weighted by molar-refractivity contribution is 14.1. The molecule has 0 aliphatic carbocycles. The highest BCUT2D eigenvalue weighted by Crippen LogP contribution is 2.27. The van der Waals surface area contributed by atoms with Crippen LogP contribution in [0.25, 0.3) is 16.7 Å². The number of rotatable bonds is 1. The minimum absolute atomic E-state index is 0.721. The van der Waals surface area contributed by atoms with Crippen LogP contribution >= 0.6 is 50.7 Å². The molecule has 1 N–H and O–H groups in total. The van der Waals surface area contributed by atoms with Crippen LogP contribution in [-0.2, 0) is 0 Å². The zero-order chi connectivity index (χ0) is 13.6. The first-order valence-corrected chi connectivity index (χ1v) is 8.01. The minimum Gasteiger partial charge on any atom is -0.330 e. The molecule has 96 valence electrons. The number of hydrogen-bond acceptors (Lipinski definition) is 1. The Labute approximate surface area is 138 Å². The summed E-state index contributed by atoms with van der Waals surface area (Å²) in [6, 6.07) is 12.5. The molecule has 1 heterocycles. The molecule has 0 aliphatic rings. The number of aromatic nitrogens is 2. The fraction of sp³-hybridized carbons (Fsp3) is 0.0714. The first kappa shape index (κ1) is 13.3. The van der Waals surface area contributed by atoms with Crippen molar-refractivity contribution in [3.05, 3.63) is 54.8 Å². The van der Waals surface area contributed by atoms with Gasteiger partial charge in [-0.25, -0.2) is 0 Å². The fourth-order valence-electron chi connectivity index (χ4n) is 2.16. The van der Waals surface area contributed by atoms with E-state index in [2.05, 4.69) is 79.3 Å². The Balaban J connectivity index is 2.40. The van der Waals surface area contributed by atoms with Crippen molar-refractivity contribution in [1.82, 2.24) is 9.55 Å². The normalized spacial score (nSPS) is 11.1. The van der Waals surface area contributed by atoms with Crippen molar-refractivity contribution >= 4 is 61.8 Å². The molecule has 3 rings (SSSR count). The van der Waals surface area contributed by atoms with Gasteiger partial charge in [0.1, 0.15) is 0 Å². The van der Waals surface area contributed by atoms with Crippen molar-refractivity contribution in [2.24, 2.45) is 0 Å². The molecule has 0 saturated carbocycles. The summed E-state index contributed by atoms with van der Waals surface area (Å²) in [5.74, 6) is 0. The predicted molar refractivity (Wildman–Crippen MR) is 93.6 cm³/mol. The minimum atomic E-state index is 0.721. The number of halogens is 2. The molecule has 3 aromatic rings. The Kier molecular flexibility index (Phi) is 3.53. The fourth-order valence-corrected chi connectivity index (χ4v) is 3.31. The third-order valence-corrected chi connectivity index (χ3v) is 4.94. The van der Waals surface area contributed by atoms with E-state index in [1.807, 2.05) is 12.1 Å². The van der Waals surface area contributed by atoms with Gasteiger partial charge in [0.25, 0.3) is 0 Å². The topological polar surface area (TPSA) is 20.7 Å². The Morgan fingerprint density at radius 3 is 2.84 bits per heavy atom. The van der Waals surface area contributed by atoms with Crippen LogP contribution in [0.2, 0.25) is 0 Å². The Morgan fingerprint density at radius 1 is 1.26 bits per heavy atom. The Morgan fingerprint density at radius 2 is 2.05 bits per heavy atom. The molecule has 0 aliphatic heterocycles. The standard InChI is InChI=1S/C14H10BrIN2S/c1-8-10(15)3-2-4-12(8)18-13-6-5-9(16)7-11(13)17-14(18)19/h2-7H,1H3,(H,17,19). The molecule has 1 aromatic heterocycles. The van der Waals surface area contributed by atoms with E-state index in [1.165, 1.54) is 9.13 Å². The van der Waals surface area contributed by atoms with Crippen molar-refractivity contribution in [2.45, 2.75) is 6.92 Å². The second kappa shape index (κ2) is 5.03. The van der Waals surface area contributed by atoms with E-state index in [0.29, 0.717) is 0 Å². The number of hydrogen-bond donors (Lipinski definition) is 1. The van der Waals surface area contributed by atoms with Gasteiger partial charge in [-0.15, -0.1) is 0 Å². The molecule has 0 unspecified atom stereocenters. The van der Waals surface area contributed by atoms with E-state index in [-0.39, 0.29) is 0 Å². The molecule has 0 amide bonds. The van der Waals surface area contributed by atoms with Crippen LogP contribution in [-0.4, -0.2) is 9.55 Å². The molecular weight excluding hydrogens is 435 g/mol. The molecule has 2 aromatic carbocycles. The van der Waals surface area contributed by atoms with Crippen molar-refractivity contribution in [2.75, 3.05) is 0 Å². The second-order valence-electron chi connectivity index (χ2n) is 4.31. The van der Waals surface area contributed by atoms with E-state index in [9.17, 15) is 0 Å². The zero-order valence-electron chi connectivity index (χ0n) is 10.1. The summed E-state index contributed by atoms with van der Waals surface area (Å²) in [6.07, 6.45) is 0. The van der Waals surface area contributed by atoms with Crippen molar-refractivity contribution in [3.8, 4) is 5.69 Å². The van der Waals surface area contributed by atoms with Crippen LogP contribution in [0.5, 0.6) is 0 Å². The average Bonchev–Trinajstić information content (AvgIpc) is 2.68. The lowest BCUT2D eigenvalue weighted by atomic mass is 10.2. The summed E-state index contributed by atoms with van der Waals surface area (Å²) in [5, 5.41) is 0. The first-order chi connectivity index (χ1) is 9.08. The first-order valence-electron chi connectivity index (χ1n) is 5.73. The monoisotopic (exact) mass is 444 g/mol. The highest BCUT2D eigenvalue weighted by atomic mass is 127. The maximum absolute atomic E-state index is 5.47. The van der Waals surface area contributed by atoms with Gasteiger partial charge in [-0.05, 0) is 77.6 Å². The van der Waals surface area contributed by atoms with Gasteiger partial charge in [0.15, 0.2) is 4.77 Å². The van der Waals surface area contributed by atoms with Crippen LogP contribution in [0.1, 0.15) is 5.56 Å². The van der Waals surface area contributed by atoms with E-state index in [0.717, 1.165) is 26.0 Å². The highest BCUT2D eigenvalue weighted by Gasteiger charge is 2.10. The van der Waals surface area contributed by atoms with Crippen LogP contribution in [0.4, 0.5) is 0 Å². The number of H-pyrrole nitrogens is 1. The maximum Gasteiger partial charge on any atom is 0.182 e. The number of fused-ring (bicyclic) bond motifs is 1. The van der Waals surface area contributed by atoms with Crippen LogP contribution in [0, 0.1) is 15.3 Å². The van der Waals surface area contributed by atoms with E-state index >= 15 is 0 Å². The summed E-state index contributed by atoms with van der Waals surface area (Å²) in [5.41, 5.74) is 4.45. The molecule has 19 heavy (non-hydrogen) atoms. The van der Waals surface area contributed by atoms with Crippen LogP contribution in [0.3, 0.4) is 0 Å². The molecule has 0 bridgehead atoms. The van der Waals surface area contributed by atoms with Gasteiger partial charge in [-0.3, -0.25) is 4.57 Å². The van der Waals surface area contributed by atoms with Gasteiger partial charge in [0, 0.05) is 8.04 Å². The number of nitrogens with one attached hydrogen (secondary N) is 1. The summed E-state index contributed by atoms with van der Waals surface area (Å²) >= 11 is 11.3.